The van der Waals surface area contributed by atoms with E-state index in [-0.39, 0.29) is 5.56 Å². The maximum Gasteiger partial charge on any atom is 0.264 e. The molecule has 1 aromatic carbocycles. The smallest absolute Gasteiger partial charge is 0.264 e. The molecule has 0 spiro atoms. The number of halogens is 1. The lowest BCUT2D eigenvalue weighted by Crippen LogP contribution is -2.18. The average molecular weight is 380 g/mol. The van der Waals surface area contributed by atoms with Crippen LogP contribution >= 0.6 is 22.6 Å². The van der Waals surface area contributed by atoms with Gasteiger partial charge in [-0.1, -0.05) is 29.3 Å². The Labute approximate surface area is 132 Å². The van der Waals surface area contributed by atoms with E-state index in [0.29, 0.717) is 12.3 Å². The monoisotopic (exact) mass is 380 g/mol. The minimum atomic E-state index is 0.00174. The second-order valence-electron chi connectivity index (χ2n) is 5.66. The van der Waals surface area contributed by atoms with E-state index in [9.17, 15) is 4.79 Å². The zero-order valence-electron chi connectivity index (χ0n) is 11.7. The van der Waals surface area contributed by atoms with Crippen molar-refractivity contribution in [1.29, 1.82) is 0 Å². The van der Waals surface area contributed by atoms with E-state index in [0.717, 1.165) is 27.9 Å². The highest BCUT2D eigenvalue weighted by molar-refractivity contribution is 14.1. The molecule has 20 heavy (non-hydrogen) atoms. The summed E-state index contributed by atoms with van der Waals surface area (Å²) in [6.07, 6.45) is 3.01. The molecule has 1 heterocycles. The molecule has 0 atom stereocenters. The van der Waals surface area contributed by atoms with E-state index in [1.807, 2.05) is 0 Å². The molecule has 1 aliphatic carbocycles. The number of aryl methyl sites for hydroxylation is 2. The largest absolute Gasteiger partial charge is 0.309 e. The van der Waals surface area contributed by atoms with Gasteiger partial charge in [0.2, 0.25) is 0 Å². The summed E-state index contributed by atoms with van der Waals surface area (Å²) in [5, 5.41) is 0. The molecule has 1 fully saturated rings. The van der Waals surface area contributed by atoms with Crippen molar-refractivity contribution in [3.63, 3.8) is 0 Å². The van der Waals surface area contributed by atoms with Gasteiger partial charge in [-0.2, -0.15) is 0 Å². The number of aromatic amines is 1. The zero-order chi connectivity index (χ0) is 14.3. The summed E-state index contributed by atoms with van der Waals surface area (Å²) < 4.78 is 0.759. The Bertz CT molecular complexity index is 697. The van der Waals surface area contributed by atoms with Crippen molar-refractivity contribution >= 4 is 22.6 Å². The summed E-state index contributed by atoms with van der Waals surface area (Å²) in [5.74, 6) is 1.28. The molecule has 0 saturated heterocycles. The predicted molar refractivity (Wildman–Crippen MR) is 88.3 cm³/mol. The molecule has 0 radical (unpaired) electrons. The van der Waals surface area contributed by atoms with Crippen LogP contribution in [0.4, 0.5) is 0 Å². The fourth-order valence-electron chi connectivity index (χ4n) is 2.60. The van der Waals surface area contributed by atoms with Crippen LogP contribution in [0, 0.1) is 17.4 Å². The highest BCUT2D eigenvalue weighted by atomic mass is 127. The Morgan fingerprint density at radius 1 is 1.25 bits per heavy atom. The van der Waals surface area contributed by atoms with Gasteiger partial charge in [0.1, 0.15) is 5.82 Å². The van der Waals surface area contributed by atoms with Gasteiger partial charge in [-0.25, -0.2) is 4.98 Å². The third-order valence-corrected chi connectivity index (χ3v) is 4.60. The molecule has 0 amide bonds. The summed E-state index contributed by atoms with van der Waals surface area (Å²) in [6.45, 7) is 4.19. The van der Waals surface area contributed by atoms with E-state index in [4.69, 9.17) is 0 Å². The number of H-pyrrole nitrogens is 1. The zero-order valence-corrected chi connectivity index (χ0v) is 13.8. The number of nitrogens with one attached hydrogen (secondary N) is 1. The third-order valence-electron chi connectivity index (χ3n) is 3.55. The maximum absolute atomic E-state index is 12.0. The van der Waals surface area contributed by atoms with Crippen LogP contribution in [-0.2, 0) is 6.42 Å². The van der Waals surface area contributed by atoms with Crippen LogP contribution < -0.4 is 5.56 Å². The van der Waals surface area contributed by atoms with Gasteiger partial charge in [-0.3, -0.25) is 4.79 Å². The van der Waals surface area contributed by atoms with Crippen LogP contribution in [0.25, 0.3) is 0 Å². The van der Waals surface area contributed by atoms with Gasteiger partial charge in [0.05, 0.1) is 9.26 Å². The standard InChI is InChI=1S/C16H17IN2O/c1-9-5-10(2)7-11(6-9)8-13-18-15(12-3-4-12)14(17)16(20)19-13/h5-7,12H,3-4,8H2,1-2H3,(H,18,19,20). The number of hydrogen-bond donors (Lipinski definition) is 1. The highest BCUT2D eigenvalue weighted by Crippen LogP contribution is 2.40. The van der Waals surface area contributed by atoms with Crippen molar-refractivity contribution in [3.8, 4) is 0 Å². The highest BCUT2D eigenvalue weighted by Gasteiger charge is 2.28. The molecule has 0 bridgehead atoms. The Morgan fingerprint density at radius 2 is 1.90 bits per heavy atom. The van der Waals surface area contributed by atoms with Crippen molar-refractivity contribution < 1.29 is 0 Å². The quantitative estimate of drug-likeness (QED) is 0.830. The minimum absolute atomic E-state index is 0.00174. The van der Waals surface area contributed by atoms with Crippen LogP contribution in [0.5, 0.6) is 0 Å². The van der Waals surface area contributed by atoms with Crippen LogP contribution in [0.2, 0.25) is 0 Å². The van der Waals surface area contributed by atoms with Crippen molar-refractivity contribution in [3.05, 3.63) is 60.3 Å². The van der Waals surface area contributed by atoms with Gasteiger partial charge in [0, 0.05) is 12.3 Å². The molecule has 4 heteroatoms. The van der Waals surface area contributed by atoms with Crippen LogP contribution in [0.3, 0.4) is 0 Å². The van der Waals surface area contributed by atoms with E-state index < -0.39 is 0 Å². The van der Waals surface area contributed by atoms with Gasteiger partial charge >= 0.3 is 0 Å². The molecule has 1 N–H and O–H groups in total. The Hall–Kier alpha value is -1.17. The van der Waals surface area contributed by atoms with E-state index in [2.05, 4.69) is 64.6 Å². The summed E-state index contributed by atoms with van der Waals surface area (Å²) in [6, 6.07) is 6.47. The topological polar surface area (TPSA) is 45.8 Å². The molecule has 1 saturated carbocycles. The van der Waals surface area contributed by atoms with Gasteiger partial charge in [-0.15, -0.1) is 0 Å². The average Bonchev–Trinajstić information content (AvgIpc) is 3.16. The molecule has 1 aromatic heterocycles. The van der Waals surface area contributed by atoms with Gasteiger partial charge in [-0.05, 0) is 54.8 Å². The lowest BCUT2D eigenvalue weighted by molar-refractivity contribution is 0.869. The van der Waals surface area contributed by atoms with E-state index >= 15 is 0 Å². The first kappa shape index (κ1) is 13.8. The van der Waals surface area contributed by atoms with Crippen molar-refractivity contribution in [2.75, 3.05) is 0 Å². The molecular weight excluding hydrogens is 363 g/mol. The van der Waals surface area contributed by atoms with Crippen molar-refractivity contribution in [1.82, 2.24) is 9.97 Å². The number of rotatable bonds is 3. The lowest BCUT2D eigenvalue weighted by Gasteiger charge is -2.07. The van der Waals surface area contributed by atoms with Crippen molar-refractivity contribution in [2.45, 2.75) is 39.0 Å². The second kappa shape index (κ2) is 5.31. The summed E-state index contributed by atoms with van der Waals surface area (Å²) in [7, 11) is 0. The van der Waals surface area contributed by atoms with Crippen LogP contribution in [0.1, 0.15) is 47.0 Å². The summed E-state index contributed by atoms with van der Waals surface area (Å²) >= 11 is 2.11. The summed E-state index contributed by atoms with van der Waals surface area (Å²) in [5.41, 5.74) is 4.69. The molecule has 3 rings (SSSR count). The first-order chi connectivity index (χ1) is 9.52. The fourth-order valence-corrected chi connectivity index (χ4v) is 3.30. The molecular formula is C16H17IN2O. The van der Waals surface area contributed by atoms with E-state index in [1.54, 1.807) is 0 Å². The molecule has 2 aromatic rings. The Balaban J connectivity index is 1.96. The lowest BCUT2D eigenvalue weighted by atomic mass is 10.0. The predicted octanol–water partition coefficient (Wildman–Crippen LogP) is 3.46. The van der Waals surface area contributed by atoms with Gasteiger partial charge in [0.15, 0.2) is 0 Å². The first-order valence-electron chi connectivity index (χ1n) is 6.88. The normalized spacial score (nSPS) is 14.6. The molecule has 0 aliphatic heterocycles. The molecule has 1 aliphatic rings. The van der Waals surface area contributed by atoms with Crippen LogP contribution in [-0.4, -0.2) is 9.97 Å². The SMILES string of the molecule is Cc1cc(C)cc(Cc2nc(C3CC3)c(I)c(=O)[nH]2)c1. The maximum atomic E-state index is 12.0. The minimum Gasteiger partial charge on any atom is -0.309 e. The molecule has 0 unspecified atom stereocenters. The van der Waals surface area contributed by atoms with Gasteiger partial charge < -0.3 is 4.98 Å². The fraction of sp³-hybridized carbons (Fsp3) is 0.375. The van der Waals surface area contributed by atoms with Crippen molar-refractivity contribution in [2.24, 2.45) is 0 Å². The third kappa shape index (κ3) is 2.95. The Kier molecular flexibility index (Phi) is 3.67. The first-order valence-corrected chi connectivity index (χ1v) is 7.96. The molecule has 104 valence electrons. The van der Waals surface area contributed by atoms with Gasteiger partial charge in [0.25, 0.3) is 5.56 Å². The number of benzene rings is 1. The number of nitrogens with zero attached hydrogens (tertiary/aromatic N) is 1. The van der Waals surface area contributed by atoms with Crippen LogP contribution in [0.15, 0.2) is 23.0 Å². The number of aromatic nitrogens is 2. The number of hydrogen-bond acceptors (Lipinski definition) is 2. The second-order valence-corrected chi connectivity index (χ2v) is 6.74. The molecule has 3 nitrogen and oxygen atoms in total. The van der Waals surface area contributed by atoms with E-state index in [1.165, 1.54) is 16.7 Å². The Morgan fingerprint density at radius 3 is 2.50 bits per heavy atom. The summed E-state index contributed by atoms with van der Waals surface area (Å²) in [4.78, 5) is 19.6.